The number of para-hydroxylation sites is 1. The average molecular weight is 413 g/mol. The molecule has 0 radical (unpaired) electrons. The summed E-state index contributed by atoms with van der Waals surface area (Å²) in [5.74, 6) is 1.72. The van der Waals surface area contributed by atoms with E-state index < -0.39 is 0 Å². The van der Waals surface area contributed by atoms with E-state index in [-0.39, 0.29) is 17.8 Å². The van der Waals surface area contributed by atoms with Crippen LogP contribution in [0.2, 0.25) is 0 Å². The maximum Gasteiger partial charge on any atom is 0.234 e. The van der Waals surface area contributed by atoms with Gasteiger partial charge in [0.05, 0.1) is 30.2 Å². The molecule has 4 rings (SSSR count). The topological polar surface area (TPSA) is 82.2 Å². The summed E-state index contributed by atoms with van der Waals surface area (Å²) in [6.45, 7) is 5.33. The molecule has 1 aliphatic heterocycles. The molecule has 1 fully saturated rings. The minimum absolute atomic E-state index is 0.0722. The van der Waals surface area contributed by atoms with Gasteiger partial charge in [0.25, 0.3) is 0 Å². The predicted molar refractivity (Wildman–Crippen MR) is 112 cm³/mol. The van der Waals surface area contributed by atoms with Crippen molar-refractivity contribution in [1.82, 2.24) is 14.8 Å². The molecule has 0 bridgehead atoms. The first-order chi connectivity index (χ1) is 14.1. The highest BCUT2D eigenvalue weighted by atomic mass is 32.2. The van der Waals surface area contributed by atoms with Crippen LogP contribution in [0.3, 0.4) is 0 Å². The summed E-state index contributed by atoms with van der Waals surface area (Å²) in [6.07, 6.45) is 3.86. The van der Waals surface area contributed by atoms with E-state index in [1.165, 1.54) is 11.8 Å². The fourth-order valence-corrected chi connectivity index (χ4v) is 4.15. The normalized spacial score (nSPS) is 16.3. The van der Waals surface area contributed by atoms with Crippen LogP contribution in [0, 0.1) is 13.8 Å². The summed E-state index contributed by atoms with van der Waals surface area (Å²) in [6, 6.07) is 9.63. The van der Waals surface area contributed by atoms with E-state index in [4.69, 9.17) is 9.15 Å². The second kappa shape index (κ2) is 8.84. The molecule has 1 unspecified atom stereocenters. The molecule has 1 atom stereocenters. The number of ether oxygens (including phenoxy) is 1. The molecule has 1 aromatic carbocycles. The molecule has 0 aliphatic carbocycles. The van der Waals surface area contributed by atoms with Gasteiger partial charge in [0, 0.05) is 12.3 Å². The number of thioether (sulfide) groups is 1. The fraction of sp³-hybridized carbons (Fsp3) is 0.381. The van der Waals surface area contributed by atoms with E-state index in [0.717, 1.165) is 47.8 Å². The first-order valence-corrected chi connectivity index (χ1v) is 10.7. The highest BCUT2D eigenvalue weighted by Gasteiger charge is 2.23. The molecule has 1 N–H and O–H groups in total. The van der Waals surface area contributed by atoms with Crippen molar-refractivity contribution in [3.05, 3.63) is 47.9 Å². The molecule has 2 aromatic heterocycles. The Morgan fingerprint density at radius 1 is 1.28 bits per heavy atom. The van der Waals surface area contributed by atoms with Crippen molar-refractivity contribution in [2.45, 2.75) is 44.5 Å². The number of carbonyl (C=O) groups is 1. The zero-order valence-electron chi connectivity index (χ0n) is 16.6. The first-order valence-electron chi connectivity index (χ1n) is 9.69. The molecule has 1 saturated heterocycles. The van der Waals surface area contributed by atoms with Crippen molar-refractivity contribution >= 4 is 23.4 Å². The van der Waals surface area contributed by atoms with Gasteiger partial charge in [0.1, 0.15) is 5.76 Å². The number of aromatic nitrogens is 3. The highest BCUT2D eigenvalue weighted by Crippen LogP contribution is 2.29. The Kier molecular flexibility index (Phi) is 6.01. The van der Waals surface area contributed by atoms with E-state index in [1.807, 2.05) is 48.7 Å². The van der Waals surface area contributed by atoms with Crippen molar-refractivity contribution in [3.8, 4) is 11.4 Å². The molecule has 152 valence electrons. The maximum absolute atomic E-state index is 12.5. The van der Waals surface area contributed by atoms with Gasteiger partial charge >= 0.3 is 0 Å². The smallest absolute Gasteiger partial charge is 0.234 e. The number of benzene rings is 1. The van der Waals surface area contributed by atoms with Crippen molar-refractivity contribution in [3.63, 3.8) is 0 Å². The third kappa shape index (κ3) is 4.54. The van der Waals surface area contributed by atoms with E-state index in [9.17, 15) is 4.79 Å². The van der Waals surface area contributed by atoms with Crippen LogP contribution < -0.4 is 5.32 Å². The number of hydrogen-bond acceptors (Lipinski definition) is 6. The van der Waals surface area contributed by atoms with Crippen LogP contribution in [0.4, 0.5) is 5.69 Å². The summed E-state index contributed by atoms with van der Waals surface area (Å²) in [5.41, 5.74) is 2.77. The summed E-state index contributed by atoms with van der Waals surface area (Å²) in [4.78, 5) is 12.5. The van der Waals surface area contributed by atoms with E-state index in [0.29, 0.717) is 11.7 Å². The van der Waals surface area contributed by atoms with Crippen LogP contribution in [0.5, 0.6) is 0 Å². The quantitative estimate of drug-likeness (QED) is 0.589. The summed E-state index contributed by atoms with van der Waals surface area (Å²) in [7, 11) is 0. The SMILES string of the molecule is Cc1ccccc1NC(=O)CSc1nnc(-c2ccoc2C)n1CC1CCCO1. The number of aryl methyl sites for hydroxylation is 2. The monoisotopic (exact) mass is 412 g/mol. The van der Waals surface area contributed by atoms with Crippen LogP contribution >= 0.6 is 11.8 Å². The number of carbonyl (C=O) groups excluding carboxylic acids is 1. The molecule has 7 nitrogen and oxygen atoms in total. The average Bonchev–Trinajstić information content (AvgIpc) is 3.44. The number of rotatable bonds is 7. The summed E-state index contributed by atoms with van der Waals surface area (Å²) >= 11 is 1.38. The summed E-state index contributed by atoms with van der Waals surface area (Å²) in [5, 5.41) is 12.4. The van der Waals surface area contributed by atoms with Gasteiger partial charge in [-0.25, -0.2) is 0 Å². The van der Waals surface area contributed by atoms with Crippen molar-refractivity contribution in [1.29, 1.82) is 0 Å². The van der Waals surface area contributed by atoms with Gasteiger partial charge in [-0.05, 0) is 44.4 Å². The Morgan fingerprint density at radius 3 is 2.86 bits per heavy atom. The number of nitrogens with zero attached hydrogens (tertiary/aromatic N) is 3. The zero-order chi connectivity index (χ0) is 20.2. The van der Waals surface area contributed by atoms with Crippen LogP contribution in [0.15, 0.2) is 46.2 Å². The van der Waals surface area contributed by atoms with Gasteiger partial charge in [-0.15, -0.1) is 10.2 Å². The number of furan rings is 1. The van der Waals surface area contributed by atoms with Crippen molar-refractivity contribution < 1.29 is 13.9 Å². The molecule has 0 spiro atoms. The lowest BCUT2D eigenvalue weighted by molar-refractivity contribution is -0.113. The minimum atomic E-state index is -0.0722. The molecule has 0 saturated carbocycles. The lowest BCUT2D eigenvalue weighted by Gasteiger charge is -2.14. The van der Waals surface area contributed by atoms with Gasteiger partial charge in [-0.1, -0.05) is 30.0 Å². The Balaban J connectivity index is 1.50. The third-order valence-electron chi connectivity index (χ3n) is 4.98. The Morgan fingerprint density at radius 2 is 2.14 bits per heavy atom. The molecular formula is C21H24N4O3S. The molecule has 3 aromatic rings. The summed E-state index contributed by atoms with van der Waals surface area (Å²) < 4.78 is 13.3. The van der Waals surface area contributed by atoms with Crippen molar-refractivity contribution in [2.24, 2.45) is 0 Å². The lowest BCUT2D eigenvalue weighted by Crippen LogP contribution is -2.18. The van der Waals surface area contributed by atoms with Gasteiger partial charge in [-0.3, -0.25) is 9.36 Å². The molecule has 8 heteroatoms. The third-order valence-corrected chi connectivity index (χ3v) is 5.95. The van der Waals surface area contributed by atoms with Crippen molar-refractivity contribution in [2.75, 3.05) is 17.7 Å². The zero-order valence-corrected chi connectivity index (χ0v) is 17.4. The Hall–Kier alpha value is -2.58. The van der Waals surface area contributed by atoms with Gasteiger partial charge in [-0.2, -0.15) is 0 Å². The van der Waals surface area contributed by atoms with Crippen LogP contribution in [0.1, 0.15) is 24.2 Å². The maximum atomic E-state index is 12.5. The second-order valence-corrected chi connectivity index (χ2v) is 8.04. The van der Waals surface area contributed by atoms with Gasteiger partial charge in [0.2, 0.25) is 5.91 Å². The fourth-order valence-electron chi connectivity index (χ4n) is 3.40. The highest BCUT2D eigenvalue weighted by molar-refractivity contribution is 7.99. The molecule has 1 aliphatic rings. The van der Waals surface area contributed by atoms with Crippen LogP contribution in [-0.4, -0.2) is 39.1 Å². The molecule has 1 amide bonds. The van der Waals surface area contributed by atoms with Crippen LogP contribution in [-0.2, 0) is 16.1 Å². The first kappa shape index (κ1) is 19.7. The molecule has 29 heavy (non-hydrogen) atoms. The standard InChI is InChI=1S/C21H24N4O3S/c1-14-6-3-4-8-18(14)22-19(26)13-29-21-24-23-20(17-9-11-27-15(17)2)25(21)12-16-7-5-10-28-16/h3-4,6,8-9,11,16H,5,7,10,12-13H2,1-2H3,(H,22,26). The number of amides is 1. The lowest BCUT2D eigenvalue weighted by atomic mass is 10.2. The van der Waals surface area contributed by atoms with E-state index in [2.05, 4.69) is 15.5 Å². The van der Waals surface area contributed by atoms with Crippen LogP contribution in [0.25, 0.3) is 11.4 Å². The number of nitrogens with one attached hydrogen (secondary N) is 1. The Bertz CT molecular complexity index is 991. The molecular weight excluding hydrogens is 388 g/mol. The minimum Gasteiger partial charge on any atom is -0.469 e. The van der Waals surface area contributed by atoms with Gasteiger partial charge in [0.15, 0.2) is 11.0 Å². The number of anilines is 1. The van der Waals surface area contributed by atoms with E-state index >= 15 is 0 Å². The number of hydrogen-bond donors (Lipinski definition) is 1. The Labute approximate surface area is 173 Å². The molecule has 3 heterocycles. The predicted octanol–water partition coefficient (Wildman–Crippen LogP) is 4.06. The van der Waals surface area contributed by atoms with Gasteiger partial charge < -0.3 is 14.5 Å². The second-order valence-electron chi connectivity index (χ2n) is 7.09. The largest absolute Gasteiger partial charge is 0.469 e. The van der Waals surface area contributed by atoms with E-state index in [1.54, 1.807) is 6.26 Å².